The molecule has 2 nitrogen and oxygen atoms in total. The van der Waals surface area contributed by atoms with Crippen molar-refractivity contribution in [3.63, 3.8) is 0 Å². The highest BCUT2D eigenvalue weighted by molar-refractivity contribution is 6.29. The average molecular weight is 195 g/mol. The third-order valence-corrected chi connectivity index (χ3v) is 2.08. The van der Waals surface area contributed by atoms with Gasteiger partial charge in [0.15, 0.2) is 11.0 Å². The minimum absolute atomic E-state index is 0.0409. The quantitative estimate of drug-likeness (QED) is 0.652. The zero-order valence-corrected chi connectivity index (χ0v) is 7.76. The highest BCUT2D eigenvalue weighted by atomic mass is 35.5. The second-order valence-electron chi connectivity index (χ2n) is 2.86. The molecule has 1 aromatic carbocycles. The molecular weight excluding hydrogens is 188 g/mol. The standard InChI is InChI=1S/C10H7ClO2/c1-6(12)7-2-3-9-8(4-7)5-10(11)13-9/h2-5H,1H3. The maximum Gasteiger partial charge on any atom is 0.194 e. The number of benzene rings is 1. The van der Waals surface area contributed by atoms with Crippen LogP contribution in [0.15, 0.2) is 28.7 Å². The van der Waals surface area contributed by atoms with Gasteiger partial charge in [-0.05, 0) is 36.7 Å². The van der Waals surface area contributed by atoms with Crippen molar-refractivity contribution in [2.45, 2.75) is 6.92 Å². The number of ketones is 1. The third-order valence-electron chi connectivity index (χ3n) is 1.89. The largest absolute Gasteiger partial charge is 0.445 e. The number of fused-ring (bicyclic) bond motifs is 1. The Labute approximate surface area is 80.1 Å². The van der Waals surface area contributed by atoms with Crippen molar-refractivity contribution >= 4 is 28.4 Å². The third kappa shape index (κ3) is 1.45. The summed E-state index contributed by atoms with van der Waals surface area (Å²) in [5, 5.41) is 1.20. The molecule has 1 aromatic heterocycles. The Morgan fingerprint density at radius 1 is 1.38 bits per heavy atom. The number of rotatable bonds is 1. The summed E-state index contributed by atoms with van der Waals surface area (Å²) in [4.78, 5) is 11.0. The summed E-state index contributed by atoms with van der Waals surface area (Å²) >= 11 is 5.66. The van der Waals surface area contributed by atoms with Crippen molar-refractivity contribution in [3.8, 4) is 0 Å². The van der Waals surface area contributed by atoms with E-state index >= 15 is 0 Å². The molecule has 0 saturated carbocycles. The average Bonchev–Trinajstić information content (AvgIpc) is 2.42. The smallest absolute Gasteiger partial charge is 0.194 e. The first-order chi connectivity index (χ1) is 6.16. The summed E-state index contributed by atoms with van der Waals surface area (Å²) < 4.78 is 5.16. The number of Topliss-reactive ketones (excluding diaryl/α,β-unsaturated/α-hetero) is 1. The maximum absolute atomic E-state index is 11.0. The minimum Gasteiger partial charge on any atom is -0.445 e. The zero-order valence-electron chi connectivity index (χ0n) is 7.00. The fourth-order valence-corrected chi connectivity index (χ4v) is 1.43. The Hall–Kier alpha value is -1.28. The number of carbonyl (C=O) groups is 1. The van der Waals surface area contributed by atoms with E-state index in [0.29, 0.717) is 16.4 Å². The van der Waals surface area contributed by atoms with Crippen LogP contribution in [0.1, 0.15) is 17.3 Å². The molecule has 0 amide bonds. The van der Waals surface area contributed by atoms with Crippen LogP contribution >= 0.6 is 11.6 Å². The zero-order chi connectivity index (χ0) is 9.42. The summed E-state index contributed by atoms with van der Waals surface area (Å²) in [5.74, 6) is 0.0409. The molecule has 0 aliphatic heterocycles. The van der Waals surface area contributed by atoms with Gasteiger partial charge in [0.2, 0.25) is 0 Å². The van der Waals surface area contributed by atoms with E-state index in [1.807, 2.05) is 0 Å². The number of hydrogen-bond donors (Lipinski definition) is 0. The van der Waals surface area contributed by atoms with Gasteiger partial charge in [-0.1, -0.05) is 0 Å². The molecule has 0 atom stereocenters. The lowest BCUT2D eigenvalue weighted by Gasteiger charge is -1.93. The number of furan rings is 1. The van der Waals surface area contributed by atoms with Gasteiger partial charge in [0.25, 0.3) is 0 Å². The Morgan fingerprint density at radius 2 is 2.15 bits per heavy atom. The Bertz CT molecular complexity index is 471. The number of hydrogen-bond acceptors (Lipinski definition) is 2. The molecule has 0 radical (unpaired) electrons. The van der Waals surface area contributed by atoms with Crippen LogP contribution in [0.2, 0.25) is 5.22 Å². The molecule has 2 rings (SSSR count). The molecule has 0 N–H and O–H groups in total. The normalized spacial score (nSPS) is 10.6. The minimum atomic E-state index is 0.0409. The van der Waals surface area contributed by atoms with E-state index in [2.05, 4.69) is 0 Å². The molecule has 0 spiro atoms. The lowest BCUT2D eigenvalue weighted by molar-refractivity contribution is 0.101. The summed E-state index contributed by atoms with van der Waals surface area (Å²) in [6.07, 6.45) is 0. The molecule has 0 aliphatic carbocycles. The van der Waals surface area contributed by atoms with Crippen molar-refractivity contribution in [1.29, 1.82) is 0 Å². The molecule has 3 heteroatoms. The van der Waals surface area contributed by atoms with Crippen LogP contribution in [0.5, 0.6) is 0 Å². The van der Waals surface area contributed by atoms with Crippen molar-refractivity contribution in [2.75, 3.05) is 0 Å². The molecule has 0 bridgehead atoms. The molecule has 0 fully saturated rings. The summed E-state index contributed by atoms with van der Waals surface area (Å²) in [6.45, 7) is 1.53. The van der Waals surface area contributed by atoms with Crippen LogP contribution in [0.3, 0.4) is 0 Å². The second kappa shape index (κ2) is 2.89. The van der Waals surface area contributed by atoms with Crippen LogP contribution in [-0.4, -0.2) is 5.78 Å². The summed E-state index contributed by atoms with van der Waals surface area (Å²) in [5.41, 5.74) is 1.37. The Balaban J connectivity index is 2.67. The first-order valence-corrected chi connectivity index (χ1v) is 4.24. The lowest BCUT2D eigenvalue weighted by Crippen LogP contribution is -1.89. The predicted molar refractivity (Wildman–Crippen MR) is 51.2 cm³/mol. The molecule has 2 aromatic rings. The highest BCUT2D eigenvalue weighted by Gasteiger charge is 2.04. The van der Waals surface area contributed by atoms with Gasteiger partial charge in [-0.3, -0.25) is 4.79 Å². The Kier molecular flexibility index (Phi) is 1.85. The van der Waals surface area contributed by atoms with E-state index in [9.17, 15) is 4.79 Å². The van der Waals surface area contributed by atoms with E-state index in [0.717, 1.165) is 5.39 Å². The summed E-state index contributed by atoms with van der Waals surface area (Å²) in [6, 6.07) is 6.94. The predicted octanol–water partition coefficient (Wildman–Crippen LogP) is 3.29. The van der Waals surface area contributed by atoms with Crippen molar-refractivity contribution < 1.29 is 9.21 Å². The van der Waals surface area contributed by atoms with Gasteiger partial charge in [-0.15, -0.1) is 0 Å². The van der Waals surface area contributed by atoms with Crippen LogP contribution in [0, 0.1) is 0 Å². The first-order valence-electron chi connectivity index (χ1n) is 3.87. The van der Waals surface area contributed by atoms with Crippen LogP contribution < -0.4 is 0 Å². The van der Waals surface area contributed by atoms with Gasteiger partial charge in [0, 0.05) is 17.0 Å². The molecule has 1 heterocycles. The second-order valence-corrected chi connectivity index (χ2v) is 3.23. The molecular formula is C10H7ClO2. The Morgan fingerprint density at radius 3 is 2.85 bits per heavy atom. The molecule has 0 aliphatic rings. The molecule has 0 saturated heterocycles. The first kappa shape index (κ1) is 8.32. The van der Waals surface area contributed by atoms with Crippen molar-refractivity contribution in [1.82, 2.24) is 0 Å². The van der Waals surface area contributed by atoms with Crippen molar-refractivity contribution in [3.05, 3.63) is 35.0 Å². The van der Waals surface area contributed by atoms with Gasteiger partial charge in [-0.2, -0.15) is 0 Å². The monoisotopic (exact) mass is 194 g/mol. The van der Waals surface area contributed by atoms with E-state index in [4.69, 9.17) is 16.0 Å². The van der Waals surface area contributed by atoms with E-state index in [1.165, 1.54) is 6.92 Å². The van der Waals surface area contributed by atoms with Crippen LogP contribution in [0.4, 0.5) is 0 Å². The molecule has 66 valence electrons. The molecule has 13 heavy (non-hydrogen) atoms. The fraction of sp³-hybridized carbons (Fsp3) is 0.100. The fourth-order valence-electron chi connectivity index (χ4n) is 1.23. The lowest BCUT2D eigenvalue weighted by atomic mass is 10.1. The van der Waals surface area contributed by atoms with E-state index in [-0.39, 0.29) is 5.78 Å². The van der Waals surface area contributed by atoms with Crippen LogP contribution in [0.25, 0.3) is 11.0 Å². The maximum atomic E-state index is 11.0. The van der Waals surface area contributed by atoms with Crippen molar-refractivity contribution in [2.24, 2.45) is 0 Å². The van der Waals surface area contributed by atoms with E-state index < -0.39 is 0 Å². The van der Waals surface area contributed by atoms with Crippen LogP contribution in [-0.2, 0) is 0 Å². The number of carbonyl (C=O) groups excluding carboxylic acids is 1. The van der Waals surface area contributed by atoms with E-state index in [1.54, 1.807) is 24.3 Å². The topological polar surface area (TPSA) is 30.2 Å². The number of halogens is 1. The van der Waals surface area contributed by atoms with Gasteiger partial charge in [0.05, 0.1) is 0 Å². The van der Waals surface area contributed by atoms with Gasteiger partial charge in [0.1, 0.15) is 5.58 Å². The SMILES string of the molecule is CC(=O)c1ccc2oc(Cl)cc2c1. The highest BCUT2D eigenvalue weighted by Crippen LogP contribution is 2.23. The van der Waals surface area contributed by atoms with Gasteiger partial charge < -0.3 is 4.42 Å². The molecule has 0 unspecified atom stereocenters. The van der Waals surface area contributed by atoms with Gasteiger partial charge in [-0.25, -0.2) is 0 Å². The van der Waals surface area contributed by atoms with Gasteiger partial charge >= 0.3 is 0 Å². The summed E-state index contributed by atoms with van der Waals surface area (Å²) in [7, 11) is 0.